The summed E-state index contributed by atoms with van der Waals surface area (Å²) in [7, 11) is 3.79. The Kier molecular flexibility index (Phi) is 10.9. The van der Waals surface area contributed by atoms with Gasteiger partial charge in [0, 0.05) is 27.2 Å². The number of halogens is 2. The van der Waals surface area contributed by atoms with Gasteiger partial charge in [0.2, 0.25) is 0 Å². The predicted octanol–water partition coefficient (Wildman–Crippen LogP) is 3.46. The Hall–Kier alpha value is -1.11. The molecule has 0 saturated carbocycles. The second-order valence-electron chi connectivity index (χ2n) is 4.71. The number of rotatable bonds is 7. The summed E-state index contributed by atoms with van der Waals surface area (Å²) in [5.41, 5.74) is 0.988. The van der Waals surface area contributed by atoms with Crippen molar-refractivity contribution < 1.29 is 4.39 Å². The maximum Gasteiger partial charge on any atom is 0.193 e. The molecule has 3 nitrogen and oxygen atoms in total. The molecule has 1 N–H and O–H groups in total. The van der Waals surface area contributed by atoms with Gasteiger partial charge in [0.1, 0.15) is 5.82 Å². The van der Waals surface area contributed by atoms with Crippen molar-refractivity contribution in [1.29, 1.82) is 0 Å². The van der Waals surface area contributed by atoms with E-state index in [0.717, 1.165) is 43.9 Å². The van der Waals surface area contributed by atoms with Crippen LogP contribution in [-0.4, -0.2) is 38.0 Å². The number of hydrogen-bond donors (Lipinski definition) is 1. The van der Waals surface area contributed by atoms with Gasteiger partial charge in [-0.1, -0.05) is 18.2 Å². The van der Waals surface area contributed by atoms with Crippen molar-refractivity contribution in [3.05, 3.63) is 48.3 Å². The number of guanidine groups is 1. The molecule has 0 saturated heterocycles. The molecule has 21 heavy (non-hydrogen) atoms. The quantitative estimate of drug-likeness (QED) is 0.247. The molecule has 118 valence electrons. The highest BCUT2D eigenvalue weighted by Crippen LogP contribution is 2.03. The predicted molar refractivity (Wildman–Crippen MR) is 98.9 cm³/mol. The molecule has 0 radical (unpaired) electrons. The number of nitrogens with zero attached hydrogens (tertiary/aromatic N) is 2. The first-order valence-corrected chi connectivity index (χ1v) is 6.94. The average Bonchev–Trinajstić information content (AvgIpc) is 2.44. The standard InChI is InChI=1S/C16H24FN3.HI/c1-4-5-6-12-20(3)16(18-2)19-11-10-14-8-7-9-15(17)13-14;/h4,7-9,13H,1,5-6,10-12H2,2-3H3,(H,18,19);1H. The Balaban J connectivity index is 0.00000400. The molecule has 1 aromatic carbocycles. The molecule has 0 unspecified atom stereocenters. The van der Waals surface area contributed by atoms with Crippen LogP contribution >= 0.6 is 24.0 Å². The Morgan fingerprint density at radius 2 is 2.24 bits per heavy atom. The van der Waals surface area contributed by atoms with Crippen LogP contribution in [0, 0.1) is 5.82 Å². The zero-order chi connectivity index (χ0) is 14.8. The van der Waals surface area contributed by atoms with E-state index in [1.807, 2.05) is 19.2 Å². The molecule has 0 fully saturated rings. The molecule has 5 heteroatoms. The lowest BCUT2D eigenvalue weighted by atomic mass is 10.1. The van der Waals surface area contributed by atoms with Crippen LogP contribution in [0.4, 0.5) is 4.39 Å². The van der Waals surface area contributed by atoms with Crippen LogP contribution in [0.5, 0.6) is 0 Å². The molecule has 0 spiro atoms. The van der Waals surface area contributed by atoms with Crippen molar-refractivity contribution in [3.8, 4) is 0 Å². The molecule has 0 aliphatic carbocycles. The van der Waals surface area contributed by atoms with Crippen LogP contribution in [0.1, 0.15) is 18.4 Å². The SMILES string of the molecule is C=CCCCN(C)C(=NC)NCCc1cccc(F)c1.I. The van der Waals surface area contributed by atoms with E-state index in [1.54, 1.807) is 19.2 Å². The molecule has 0 heterocycles. The highest BCUT2D eigenvalue weighted by molar-refractivity contribution is 14.0. The summed E-state index contributed by atoms with van der Waals surface area (Å²) in [4.78, 5) is 6.34. The van der Waals surface area contributed by atoms with Crippen LogP contribution in [0.3, 0.4) is 0 Å². The van der Waals surface area contributed by atoms with Gasteiger partial charge in [-0.05, 0) is 37.0 Å². The molecule has 0 aliphatic heterocycles. The Morgan fingerprint density at radius 1 is 1.48 bits per heavy atom. The third kappa shape index (κ3) is 8.04. The van der Waals surface area contributed by atoms with Crippen molar-refractivity contribution in [2.75, 3.05) is 27.2 Å². The van der Waals surface area contributed by atoms with Crippen molar-refractivity contribution in [3.63, 3.8) is 0 Å². The minimum atomic E-state index is -0.187. The van der Waals surface area contributed by atoms with Gasteiger partial charge < -0.3 is 10.2 Å². The number of hydrogen-bond acceptors (Lipinski definition) is 1. The van der Waals surface area contributed by atoms with Gasteiger partial charge in [-0.3, -0.25) is 4.99 Å². The largest absolute Gasteiger partial charge is 0.356 e. The van der Waals surface area contributed by atoms with Crippen LogP contribution in [-0.2, 0) is 6.42 Å². The van der Waals surface area contributed by atoms with Gasteiger partial charge in [0.25, 0.3) is 0 Å². The van der Waals surface area contributed by atoms with Crippen LogP contribution < -0.4 is 5.32 Å². The molecule has 0 amide bonds. The second-order valence-corrected chi connectivity index (χ2v) is 4.71. The topological polar surface area (TPSA) is 27.6 Å². The Morgan fingerprint density at radius 3 is 2.86 bits per heavy atom. The number of unbranched alkanes of at least 4 members (excludes halogenated alkanes) is 1. The van der Waals surface area contributed by atoms with E-state index in [4.69, 9.17) is 0 Å². The zero-order valence-electron chi connectivity index (χ0n) is 12.8. The summed E-state index contributed by atoms with van der Waals surface area (Å²) in [5.74, 6) is 0.680. The van der Waals surface area contributed by atoms with Crippen LogP contribution in [0.15, 0.2) is 41.9 Å². The van der Waals surface area contributed by atoms with Crippen molar-refractivity contribution >= 4 is 29.9 Å². The molecular formula is C16H25FIN3. The van der Waals surface area contributed by atoms with E-state index < -0.39 is 0 Å². The van der Waals surface area contributed by atoms with Gasteiger partial charge in [-0.2, -0.15) is 0 Å². The Labute approximate surface area is 144 Å². The average molecular weight is 405 g/mol. The fourth-order valence-electron chi connectivity index (χ4n) is 1.97. The van der Waals surface area contributed by atoms with Crippen LogP contribution in [0.2, 0.25) is 0 Å². The summed E-state index contributed by atoms with van der Waals surface area (Å²) in [5, 5.41) is 3.29. The lowest BCUT2D eigenvalue weighted by Gasteiger charge is -2.21. The maximum atomic E-state index is 13.1. The first-order chi connectivity index (χ1) is 9.67. The van der Waals surface area contributed by atoms with Crippen LogP contribution in [0.25, 0.3) is 0 Å². The van der Waals surface area contributed by atoms with Crippen molar-refractivity contribution in [2.45, 2.75) is 19.3 Å². The molecule has 0 aromatic heterocycles. The smallest absolute Gasteiger partial charge is 0.193 e. The van der Waals surface area contributed by atoms with Crippen molar-refractivity contribution in [2.24, 2.45) is 4.99 Å². The maximum absolute atomic E-state index is 13.1. The number of allylic oxidation sites excluding steroid dienone is 1. The second kappa shape index (κ2) is 11.5. The lowest BCUT2D eigenvalue weighted by Crippen LogP contribution is -2.40. The molecule has 1 rings (SSSR count). The summed E-state index contributed by atoms with van der Waals surface area (Å²) in [6.45, 7) is 5.39. The summed E-state index contributed by atoms with van der Waals surface area (Å²) in [6.07, 6.45) is 4.76. The summed E-state index contributed by atoms with van der Waals surface area (Å²) < 4.78 is 13.1. The van der Waals surface area contributed by atoms with E-state index in [2.05, 4.69) is 21.8 Å². The number of benzene rings is 1. The first-order valence-electron chi connectivity index (χ1n) is 6.94. The normalized spacial score (nSPS) is 10.7. The molecule has 1 aromatic rings. The van der Waals surface area contributed by atoms with E-state index in [0.29, 0.717) is 0 Å². The molecule has 0 aliphatic rings. The zero-order valence-corrected chi connectivity index (χ0v) is 15.1. The number of aliphatic imine (C=N–C) groups is 1. The van der Waals surface area contributed by atoms with Gasteiger partial charge >= 0.3 is 0 Å². The van der Waals surface area contributed by atoms with Gasteiger partial charge in [0.15, 0.2) is 5.96 Å². The lowest BCUT2D eigenvalue weighted by molar-refractivity contribution is 0.470. The minimum absolute atomic E-state index is 0. The summed E-state index contributed by atoms with van der Waals surface area (Å²) in [6, 6.07) is 6.70. The Bertz CT molecular complexity index is 449. The monoisotopic (exact) mass is 405 g/mol. The fraction of sp³-hybridized carbons (Fsp3) is 0.438. The first kappa shape index (κ1) is 19.9. The van der Waals surface area contributed by atoms with E-state index in [-0.39, 0.29) is 29.8 Å². The number of nitrogens with one attached hydrogen (secondary N) is 1. The van der Waals surface area contributed by atoms with Gasteiger partial charge in [0.05, 0.1) is 0 Å². The van der Waals surface area contributed by atoms with Gasteiger partial charge in [-0.25, -0.2) is 4.39 Å². The molecule has 0 bridgehead atoms. The third-order valence-corrected chi connectivity index (χ3v) is 3.06. The van der Waals surface area contributed by atoms with E-state index >= 15 is 0 Å². The van der Waals surface area contributed by atoms with E-state index in [1.165, 1.54) is 6.07 Å². The third-order valence-electron chi connectivity index (χ3n) is 3.06. The summed E-state index contributed by atoms with van der Waals surface area (Å²) >= 11 is 0. The van der Waals surface area contributed by atoms with Gasteiger partial charge in [-0.15, -0.1) is 30.6 Å². The minimum Gasteiger partial charge on any atom is -0.356 e. The highest BCUT2D eigenvalue weighted by atomic mass is 127. The van der Waals surface area contributed by atoms with E-state index in [9.17, 15) is 4.39 Å². The molecule has 0 atom stereocenters. The fourth-order valence-corrected chi connectivity index (χ4v) is 1.97. The highest BCUT2D eigenvalue weighted by Gasteiger charge is 2.04. The molecular weight excluding hydrogens is 380 g/mol. The van der Waals surface area contributed by atoms with Crippen molar-refractivity contribution in [1.82, 2.24) is 10.2 Å².